The summed E-state index contributed by atoms with van der Waals surface area (Å²) in [6.45, 7) is 3.92. The molecule has 6 nitrogen and oxygen atoms in total. The average molecular weight is 424 g/mol. The standard InChI is InChI=1S/C23H25N3O3S/c1-4-29-22(28)20-15(2)26(3)23(30)25-21(20)17-10-12-18(13-11-17)24-19(27)14-16-8-6-5-7-9-16/h5-13,21H,4,14H2,1-3H3,(H,24,27)(H,25,30)/t21-/m1/s1. The number of thiocarbonyl (C=S) groups is 1. The number of amides is 1. The summed E-state index contributed by atoms with van der Waals surface area (Å²) in [7, 11) is 1.81. The average Bonchev–Trinajstić information content (AvgIpc) is 2.73. The van der Waals surface area contributed by atoms with Gasteiger partial charge in [0.1, 0.15) is 0 Å². The molecule has 2 N–H and O–H groups in total. The first kappa shape index (κ1) is 21.5. The van der Waals surface area contributed by atoms with Crippen LogP contribution in [0.25, 0.3) is 0 Å². The Hall–Kier alpha value is -3.19. The highest BCUT2D eigenvalue weighted by molar-refractivity contribution is 7.80. The van der Waals surface area contributed by atoms with E-state index in [0.29, 0.717) is 29.4 Å². The zero-order valence-electron chi connectivity index (χ0n) is 17.3. The fourth-order valence-corrected chi connectivity index (χ4v) is 3.56. The van der Waals surface area contributed by atoms with Gasteiger partial charge in [-0.2, -0.15) is 0 Å². The summed E-state index contributed by atoms with van der Waals surface area (Å²) in [5.74, 6) is -0.461. The van der Waals surface area contributed by atoms with Crippen LogP contribution in [0.5, 0.6) is 0 Å². The first-order chi connectivity index (χ1) is 14.4. The SMILES string of the molecule is CCOC(=O)C1=C(C)N(C)C(=S)N[C@@H]1c1ccc(NC(=O)Cc2ccccc2)cc1. The second-order valence-electron chi connectivity index (χ2n) is 6.99. The lowest BCUT2D eigenvalue weighted by atomic mass is 9.95. The van der Waals surface area contributed by atoms with Crippen LogP contribution in [0.2, 0.25) is 0 Å². The van der Waals surface area contributed by atoms with Gasteiger partial charge >= 0.3 is 5.97 Å². The number of hydrogen-bond donors (Lipinski definition) is 2. The molecule has 7 heteroatoms. The number of rotatable bonds is 6. The molecule has 3 rings (SSSR count). The number of hydrogen-bond acceptors (Lipinski definition) is 4. The Morgan fingerprint density at radius 2 is 1.80 bits per heavy atom. The summed E-state index contributed by atoms with van der Waals surface area (Å²) < 4.78 is 5.26. The number of ether oxygens (including phenoxy) is 1. The topological polar surface area (TPSA) is 70.7 Å². The Morgan fingerprint density at radius 3 is 2.43 bits per heavy atom. The van der Waals surface area contributed by atoms with E-state index in [2.05, 4.69) is 10.6 Å². The van der Waals surface area contributed by atoms with E-state index >= 15 is 0 Å². The summed E-state index contributed by atoms with van der Waals surface area (Å²) in [6.07, 6.45) is 0.308. The predicted octanol–water partition coefficient (Wildman–Crippen LogP) is 3.57. The van der Waals surface area contributed by atoms with Gasteiger partial charge in [-0.15, -0.1) is 0 Å². The zero-order chi connectivity index (χ0) is 21.7. The van der Waals surface area contributed by atoms with E-state index in [4.69, 9.17) is 17.0 Å². The van der Waals surface area contributed by atoms with Gasteiger partial charge < -0.3 is 20.3 Å². The molecule has 2 aromatic carbocycles. The molecule has 0 radical (unpaired) electrons. The second kappa shape index (κ2) is 9.54. The highest BCUT2D eigenvalue weighted by atomic mass is 32.1. The van der Waals surface area contributed by atoms with E-state index in [1.165, 1.54) is 0 Å². The van der Waals surface area contributed by atoms with Crippen LogP contribution in [-0.4, -0.2) is 35.5 Å². The summed E-state index contributed by atoms with van der Waals surface area (Å²) in [6, 6.07) is 16.5. The van der Waals surface area contributed by atoms with Crippen LogP contribution in [0.4, 0.5) is 5.69 Å². The molecule has 2 aromatic rings. The minimum atomic E-state index is -0.415. The van der Waals surface area contributed by atoms with Crippen molar-refractivity contribution in [1.82, 2.24) is 10.2 Å². The summed E-state index contributed by atoms with van der Waals surface area (Å²) in [5, 5.41) is 6.64. The molecule has 1 aliphatic heterocycles. The van der Waals surface area contributed by atoms with Crippen LogP contribution in [0.15, 0.2) is 65.9 Å². The van der Waals surface area contributed by atoms with Crippen LogP contribution >= 0.6 is 12.2 Å². The van der Waals surface area contributed by atoms with Gasteiger partial charge in [0.15, 0.2) is 5.11 Å². The molecule has 0 saturated carbocycles. The van der Waals surface area contributed by atoms with E-state index in [0.717, 1.165) is 16.8 Å². The van der Waals surface area contributed by atoms with Gasteiger partial charge in [-0.25, -0.2) is 4.79 Å². The zero-order valence-corrected chi connectivity index (χ0v) is 18.1. The molecular weight excluding hydrogens is 398 g/mol. The third-order valence-corrected chi connectivity index (χ3v) is 5.38. The van der Waals surface area contributed by atoms with Crippen molar-refractivity contribution in [3.05, 3.63) is 77.0 Å². The van der Waals surface area contributed by atoms with Crippen LogP contribution < -0.4 is 10.6 Å². The van der Waals surface area contributed by atoms with Gasteiger partial charge in [-0.3, -0.25) is 4.79 Å². The lowest BCUT2D eigenvalue weighted by Gasteiger charge is -2.35. The summed E-state index contributed by atoms with van der Waals surface area (Å²) in [4.78, 5) is 26.6. The summed E-state index contributed by atoms with van der Waals surface area (Å²) >= 11 is 5.40. The van der Waals surface area contributed by atoms with E-state index in [9.17, 15) is 9.59 Å². The van der Waals surface area contributed by atoms with Gasteiger partial charge in [0.2, 0.25) is 5.91 Å². The van der Waals surface area contributed by atoms with Crippen molar-refractivity contribution in [2.24, 2.45) is 0 Å². The number of carbonyl (C=O) groups excluding carboxylic acids is 2. The Morgan fingerprint density at radius 1 is 1.13 bits per heavy atom. The molecule has 30 heavy (non-hydrogen) atoms. The molecule has 0 aromatic heterocycles. The van der Waals surface area contributed by atoms with Gasteiger partial charge in [0.05, 0.1) is 24.6 Å². The smallest absolute Gasteiger partial charge is 0.338 e. The van der Waals surface area contributed by atoms with Crippen LogP contribution in [0.3, 0.4) is 0 Å². The number of allylic oxidation sites excluding steroid dienone is 1. The minimum absolute atomic E-state index is 0.0875. The largest absolute Gasteiger partial charge is 0.463 e. The lowest BCUT2D eigenvalue weighted by molar-refractivity contribution is -0.139. The molecule has 156 valence electrons. The van der Waals surface area contributed by atoms with E-state index < -0.39 is 6.04 Å². The Balaban J connectivity index is 1.77. The van der Waals surface area contributed by atoms with Crippen molar-refractivity contribution in [1.29, 1.82) is 0 Å². The molecule has 0 bridgehead atoms. The molecule has 0 fully saturated rings. The molecule has 0 saturated heterocycles. The molecule has 0 aliphatic carbocycles. The Labute approximate surface area is 181 Å². The number of nitrogens with one attached hydrogen (secondary N) is 2. The molecule has 1 atom stereocenters. The minimum Gasteiger partial charge on any atom is -0.463 e. The molecular formula is C23H25N3O3S. The normalized spacial score (nSPS) is 16.2. The molecule has 0 spiro atoms. The van der Waals surface area contributed by atoms with E-state index in [-0.39, 0.29) is 11.9 Å². The number of esters is 1. The maximum absolute atomic E-state index is 12.6. The summed E-state index contributed by atoms with van der Waals surface area (Å²) in [5.41, 5.74) is 3.77. The van der Waals surface area contributed by atoms with Crippen molar-refractivity contribution in [3.8, 4) is 0 Å². The van der Waals surface area contributed by atoms with Crippen molar-refractivity contribution in [2.75, 3.05) is 19.0 Å². The fourth-order valence-electron chi connectivity index (χ4n) is 3.30. The highest BCUT2D eigenvalue weighted by Crippen LogP contribution is 2.31. The van der Waals surface area contributed by atoms with Crippen molar-refractivity contribution >= 4 is 34.9 Å². The Bertz CT molecular complexity index is 971. The van der Waals surface area contributed by atoms with Crippen molar-refractivity contribution in [2.45, 2.75) is 26.3 Å². The highest BCUT2D eigenvalue weighted by Gasteiger charge is 2.33. The predicted molar refractivity (Wildman–Crippen MR) is 121 cm³/mol. The maximum atomic E-state index is 12.6. The van der Waals surface area contributed by atoms with Crippen molar-refractivity contribution < 1.29 is 14.3 Å². The van der Waals surface area contributed by atoms with Crippen molar-refractivity contribution in [3.63, 3.8) is 0 Å². The first-order valence-corrected chi connectivity index (χ1v) is 10.2. The number of anilines is 1. The van der Waals surface area contributed by atoms with Gasteiger partial charge in [0.25, 0.3) is 0 Å². The third-order valence-electron chi connectivity index (χ3n) is 4.98. The van der Waals surface area contributed by atoms with Crippen LogP contribution in [-0.2, 0) is 20.7 Å². The van der Waals surface area contributed by atoms with Gasteiger partial charge in [-0.05, 0) is 49.3 Å². The number of nitrogens with zero attached hydrogens (tertiary/aromatic N) is 1. The molecule has 0 unspecified atom stereocenters. The first-order valence-electron chi connectivity index (χ1n) is 9.76. The molecule has 1 amide bonds. The maximum Gasteiger partial charge on any atom is 0.338 e. The molecule has 1 aliphatic rings. The monoisotopic (exact) mass is 423 g/mol. The van der Waals surface area contributed by atoms with E-state index in [1.807, 2.05) is 68.6 Å². The number of benzene rings is 2. The van der Waals surface area contributed by atoms with Gasteiger partial charge in [-0.1, -0.05) is 42.5 Å². The quantitative estimate of drug-likeness (QED) is 0.547. The number of carbonyl (C=O) groups is 2. The van der Waals surface area contributed by atoms with Crippen LogP contribution in [0.1, 0.15) is 31.0 Å². The fraction of sp³-hybridized carbons (Fsp3) is 0.261. The van der Waals surface area contributed by atoms with Gasteiger partial charge in [0, 0.05) is 18.4 Å². The third kappa shape index (κ3) is 4.86. The van der Waals surface area contributed by atoms with E-state index in [1.54, 1.807) is 11.8 Å². The lowest BCUT2D eigenvalue weighted by Crippen LogP contribution is -2.46. The van der Waals surface area contributed by atoms with Crippen LogP contribution in [0, 0.1) is 0 Å². The molecule has 1 heterocycles. The second-order valence-corrected chi connectivity index (χ2v) is 7.38. The Kier molecular flexibility index (Phi) is 6.84.